The maximum absolute atomic E-state index is 13.0. The lowest BCUT2D eigenvalue weighted by atomic mass is 10.3. The Morgan fingerprint density at radius 2 is 2.09 bits per heavy atom. The molecule has 1 amide bonds. The molecule has 0 unspecified atom stereocenters. The molecule has 0 aliphatic heterocycles. The normalized spacial score (nSPS) is 11.2. The smallest absolute Gasteiger partial charge is 0.248 e. The number of hydrogen-bond acceptors (Lipinski definition) is 3. The van der Waals surface area contributed by atoms with E-state index < -0.39 is 0 Å². The van der Waals surface area contributed by atoms with E-state index in [1.807, 2.05) is 24.3 Å². The Hall–Kier alpha value is -2.05. The van der Waals surface area contributed by atoms with Crippen molar-refractivity contribution in [2.45, 2.75) is 0 Å². The zero-order valence-electron chi connectivity index (χ0n) is 11.2. The number of carbonyl (C=O) groups excluding carboxylic acids is 1. The maximum atomic E-state index is 13.0. The first-order chi connectivity index (χ1) is 10.6. The number of rotatable bonds is 3. The van der Waals surface area contributed by atoms with E-state index in [2.05, 4.69) is 26.2 Å². The van der Waals surface area contributed by atoms with Gasteiger partial charge in [0.05, 0.1) is 15.9 Å². The second-order valence-electron chi connectivity index (χ2n) is 4.47. The SMILES string of the molecule is O=C(C=Cc1nc2ccccc2s1)Nc1ccc(F)cc1Br. The Labute approximate surface area is 138 Å². The number of benzene rings is 2. The molecule has 1 heterocycles. The van der Waals surface area contributed by atoms with Gasteiger partial charge in [0, 0.05) is 10.5 Å². The first-order valence-corrected chi connectivity index (χ1v) is 8.02. The molecule has 0 spiro atoms. The van der Waals surface area contributed by atoms with Crippen molar-refractivity contribution >= 4 is 55.2 Å². The Kier molecular flexibility index (Phi) is 4.31. The number of nitrogens with one attached hydrogen (secondary N) is 1. The van der Waals surface area contributed by atoms with E-state index in [0.29, 0.717) is 10.2 Å². The minimum atomic E-state index is -0.366. The van der Waals surface area contributed by atoms with Crippen LogP contribution in [0.5, 0.6) is 0 Å². The first-order valence-electron chi connectivity index (χ1n) is 6.41. The molecule has 0 saturated heterocycles. The van der Waals surface area contributed by atoms with Crippen LogP contribution < -0.4 is 5.32 Å². The van der Waals surface area contributed by atoms with Crippen molar-refractivity contribution < 1.29 is 9.18 Å². The summed E-state index contributed by atoms with van der Waals surface area (Å²) >= 11 is 4.72. The summed E-state index contributed by atoms with van der Waals surface area (Å²) in [6, 6.07) is 11.9. The molecule has 0 bridgehead atoms. The molecule has 3 aromatic rings. The molecule has 1 N–H and O–H groups in total. The fraction of sp³-hybridized carbons (Fsp3) is 0. The molecule has 22 heavy (non-hydrogen) atoms. The summed E-state index contributed by atoms with van der Waals surface area (Å²) in [4.78, 5) is 16.3. The minimum Gasteiger partial charge on any atom is -0.321 e. The summed E-state index contributed by atoms with van der Waals surface area (Å²) in [5, 5.41) is 3.44. The van der Waals surface area contributed by atoms with Gasteiger partial charge >= 0.3 is 0 Å². The van der Waals surface area contributed by atoms with E-state index in [1.165, 1.54) is 35.6 Å². The van der Waals surface area contributed by atoms with Crippen molar-refractivity contribution in [3.63, 3.8) is 0 Å². The van der Waals surface area contributed by atoms with E-state index in [0.717, 1.165) is 15.2 Å². The average molecular weight is 377 g/mol. The number of carbonyl (C=O) groups is 1. The molecular formula is C16H10BrFN2OS. The van der Waals surface area contributed by atoms with Gasteiger partial charge in [-0.05, 0) is 52.3 Å². The number of hydrogen-bond donors (Lipinski definition) is 1. The molecule has 0 radical (unpaired) electrons. The molecule has 0 fully saturated rings. The summed E-state index contributed by atoms with van der Waals surface area (Å²) in [6.45, 7) is 0. The maximum Gasteiger partial charge on any atom is 0.248 e. The number of nitrogens with zero attached hydrogens (tertiary/aromatic N) is 1. The van der Waals surface area contributed by atoms with E-state index in [4.69, 9.17) is 0 Å². The summed E-state index contributed by atoms with van der Waals surface area (Å²) in [5.74, 6) is -0.665. The highest BCUT2D eigenvalue weighted by Gasteiger charge is 2.05. The lowest BCUT2D eigenvalue weighted by Crippen LogP contribution is -2.08. The predicted molar refractivity (Wildman–Crippen MR) is 91.4 cm³/mol. The van der Waals surface area contributed by atoms with Gasteiger partial charge < -0.3 is 5.32 Å². The van der Waals surface area contributed by atoms with Crippen molar-refractivity contribution in [3.05, 3.63) is 63.8 Å². The molecular weight excluding hydrogens is 367 g/mol. The van der Waals surface area contributed by atoms with Crippen LogP contribution in [0, 0.1) is 5.82 Å². The molecule has 2 aromatic carbocycles. The average Bonchev–Trinajstić information content (AvgIpc) is 2.91. The zero-order valence-corrected chi connectivity index (χ0v) is 13.6. The Bertz CT molecular complexity index is 842. The minimum absolute atomic E-state index is 0.299. The van der Waals surface area contributed by atoms with Crippen LogP contribution in [0.1, 0.15) is 5.01 Å². The molecule has 110 valence electrons. The highest BCUT2D eigenvalue weighted by Crippen LogP contribution is 2.24. The number of aromatic nitrogens is 1. The van der Waals surface area contributed by atoms with Crippen LogP contribution in [-0.2, 0) is 4.79 Å². The second kappa shape index (κ2) is 6.37. The van der Waals surface area contributed by atoms with Crippen molar-refractivity contribution in [1.82, 2.24) is 4.98 Å². The summed E-state index contributed by atoms with van der Waals surface area (Å²) < 4.78 is 14.6. The third-order valence-electron chi connectivity index (χ3n) is 2.88. The van der Waals surface area contributed by atoms with Crippen LogP contribution in [0.25, 0.3) is 16.3 Å². The summed E-state index contributed by atoms with van der Waals surface area (Å²) in [5.41, 5.74) is 1.43. The molecule has 0 aliphatic carbocycles. The molecule has 3 rings (SSSR count). The van der Waals surface area contributed by atoms with Crippen molar-refractivity contribution in [3.8, 4) is 0 Å². The van der Waals surface area contributed by atoms with Crippen LogP contribution in [0.3, 0.4) is 0 Å². The monoisotopic (exact) mass is 376 g/mol. The number of para-hydroxylation sites is 1. The zero-order chi connectivity index (χ0) is 15.5. The largest absolute Gasteiger partial charge is 0.321 e. The van der Waals surface area contributed by atoms with Gasteiger partial charge in [-0.2, -0.15) is 0 Å². The van der Waals surface area contributed by atoms with Gasteiger partial charge in [-0.1, -0.05) is 12.1 Å². The van der Waals surface area contributed by atoms with Crippen LogP contribution >= 0.6 is 27.3 Å². The number of amides is 1. The van der Waals surface area contributed by atoms with Crippen LogP contribution in [-0.4, -0.2) is 10.9 Å². The molecule has 1 aromatic heterocycles. The van der Waals surface area contributed by atoms with Gasteiger partial charge in [0.15, 0.2) is 0 Å². The van der Waals surface area contributed by atoms with E-state index in [-0.39, 0.29) is 11.7 Å². The lowest BCUT2D eigenvalue weighted by Gasteiger charge is -2.04. The quantitative estimate of drug-likeness (QED) is 0.663. The first kappa shape index (κ1) is 14.9. The fourth-order valence-corrected chi connectivity index (χ4v) is 3.19. The molecule has 6 heteroatoms. The van der Waals surface area contributed by atoms with Crippen LogP contribution in [0.4, 0.5) is 10.1 Å². The lowest BCUT2D eigenvalue weighted by molar-refractivity contribution is -0.111. The molecule has 0 atom stereocenters. The molecule has 3 nitrogen and oxygen atoms in total. The van der Waals surface area contributed by atoms with Crippen molar-refractivity contribution in [2.75, 3.05) is 5.32 Å². The Morgan fingerprint density at radius 1 is 1.27 bits per heavy atom. The van der Waals surface area contributed by atoms with Gasteiger partial charge in [0.25, 0.3) is 0 Å². The van der Waals surface area contributed by atoms with E-state index in [1.54, 1.807) is 6.08 Å². The van der Waals surface area contributed by atoms with E-state index >= 15 is 0 Å². The number of thiazole rings is 1. The van der Waals surface area contributed by atoms with E-state index in [9.17, 15) is 9.18 Å². The fourth-order valence-electron chi connectivity index (χ4n) is 1.87. The van der Waals surface area contributed by atoms with Crippen LogP contribution in [0.15, 0.2) is 53.0 Å². The van der Waals surface area contributed by atoms with Gasteiger partial charge in [-0.15, -0.1) is 11.3 Å². The third kappa shape index (κ3) is 3.40. The summed E-state index contributed by atoms with van der Waals surface area (Å²) in [6.07, 6.45) is 3.07. The topological polar surface area (TPSA) is 42.0 Å². The predicted octanol–water partition coefficient (Wildman–Crippen LogP) is 4.85. The summed E-state index contributed by atoms with van der Waals surface area (Å²) in [7, 11) is 0. The Balaban J connectivity index is 1.73. The number of halogens is 2. The number of fused-ring (bicyclic) bond motifs is 1. The van der Waals surface area contributed by atoms with Gasteiger partial charge in [0.2, 0.25) is 5.91 Å². The Morgan fingerprint density at radius 3 is 2.86 bits per heavy atom. The van der Waals surface area contributed by atoms with Gasteiger partial charge in [0.1, 0.15) is 10.8 Å². The van der Waals surface area contributed by atoms with Crippen molar-refractivity contribution in [2.24, 2.45) is 0 Å². The number of anilines is 1. The van der Waals surface area contributed by atoms with Gasteiger partial charge in [-0.3, -0.25) is 4.79 Å². The highest BCUT2D eigenvalue weighted by atomic mass is 79.9. The van der Waals surface area contributed by atoms with Gasteiger partial charge in [-0.25, -0.2) is 9.37 Å². The van der Waals surface area contributed by atoms with Crippen molar-refractivity contribution in [1.29, 1.82) is 0 Å². The third-order valence-corrected chi connectivity index (χ3v) is 4.53. The molecule has 0 aliphatic rings. The van der Waals surface area contributed by atoms with Crippen LogP contribution in [0.2, 0.25) is 0 Å². The second-order valence-corrected chi connectivity index (χ2v) is 6.38. The highest BCUT2D eigenvalue weighted by molar-refractivity contribution is 9.10. The molecule has 0 saturated carbocycles. The standard InChI is InChI=1S/C16H10BrFN2OS/c17-11-9-10(18)5-6-12(11)19-15(21)7-8-16-20-13-3-1-2-4-14(13)22-16/h1-9H,(H,19,21).